The molecule has 0 aliphatic carbocycles. The molecular formula is C9H5ClF5NO2. The van der Waals surface area contributed by atoms with Crippen LogP contribution >= 0.6 is 11.6 Å². The lowest BCUT2D eigenvalue weighted by Crippen LogP contribution is -2.14. The molecule has 1 rings (SSSR count). The van der Waals surface area contributed by atoms with Crippen molar-refractivity contribution in [1.29, 1.82) is 0 Å². The zero-order valence-corrected chi connectivity index (χ0v) is 9.44. The van der Waals surface area contributed by atoms with E-state index in [1.54, 1.807) is 0 Å². The van der Waals surface area contributed by atoms with E-state index >= 15 is 0 Å². The van der Waals surface area contributed by atoms with Crippen molar-refractivity contribution < 1.29 is 31.5 Å². The highest BCUT2D eigenvalue weighted by molar-refractivity contribution is 6.32. The smallest absolute Gasteiger partial charge is 0.433 e. The van der Waals surface area contributed by atoms with Gasteiger partial charge in [-0.2, -0.15) is 13.2 Å². The summed E-state index contributed by atoms with van der Waals surface area (Å²) >= 11 is 5.31. The van der Waals surface area contributed by atoms with E-state index in [-0.39, 0.29) is 6.07 Å². The van der Waals surface area contributed by atoms with Crippen LogP contribution in [-0.4, -0.2) is 18.1 Å². The van der Waals surface area contributed by atoms with E-state index in [0.29, 0.717) is 0 Å². The molecule has 100 valence electrons. The largest absolute Gasteiger partial charge is 0.465 e. The Morgan fingerprint density at radius 1 is 1.44 bits per heavy atom. The van der Waals surface area contributed by atoms with Crippen molar-refractivity contribution in [3.8, 4) is 0 Å². The topological polar surface area (TPSA) is 39.2 Å². The molecule has 0 radical (unpaired) electrons. The molecule has 0 aromatic carbocycles. The molecule has 0 bridgehead atoms. The van der Waals surface area contributed by atoms with E-state index in [4.69, 9.17) is 11.6 Å². The number of rotatable bonds is 2. The zero-order chi connectivity index (χ0) is 14.1. The number of aromatic nitrogens is 1. The van der Waals surface area contributed by atoms with Gasteiger partial charge in [-0.1, -0.05) is 11.6 Å². The van der Waals surface area contributed by atoms with Gasteiger partial charge in [-0.25, -0.2) is 18.6 Å². The lowest BCUT2D eigenvalue weighted by molar-refractivity contribution is -0.141. The second kappa shape index (κ2) is 5.05. The molecule has 0 amide bonds. The Kier molecular flexibility index (Phi) is 4.10. The summed E-state index contributed by atoms with van der Waals surface area (Å²) in [5.74, 6) is -1.28. The molecule has 0 atom stereocenters. The number of pyridine rings is 1. The Bertz CT molecular complexity index is 475. The van der Waals surface area contributed by atoms with Crippen molar-refractivity contribution in [2.24, 2.45) is 0 Å². The van der Waals surface area contributed by atoms with Gasteiger partial charge >= 0.3 is 12.1 Å². The van der Waals surface area contributed by atoms with Crippen LogP contribution in [0.3, 0.4) is 0 Å². The molecule has 0 saturated heterocycles. The highest BCUT2D eigenvalue weighted by Crippen LogP contribution is 2.35. The van der Waals surface area contributed by atoms with Crippen LogP contribution in [0.2, 0.25) is 5.15 Å². The van der Waals surface area contributed by atoms with Gasteiger partial charge in [0, 0.05) is 5.56 Å². The van der Waals surface area contributed by atoms with Crippen LogP contribution in [0.15, 0.2) is 6.07 Å². The molecule has 9 heteroatoms. The molecule has 0 fully saturated rings. The van der Waals surface area contributed by atoms with Gasteiger partial charge in [0.25, 0.3) is 6.43 Å². The van der Waals surface area contributed by atoms with Crippen LogP contribution in [0.25, 0.3) is 0 Å². The highest BCUT2D eigenvalue weighted by Gasteiger charge is 2.36. The van der Waals surface area contributed by atoms with Crippen LogP contribution in [0.1, 0.15) is 28.0 Å². The van der Waals surface area contributed by atoms with Crippen LogP contribution in [0.4, 0.5) is 22.0 Å². The molecule has 1 heterocycles. The van der Waals surface area contributed by atoms with Gasteiger partial charge in [0.2, 0.25) is 0 Å². The van der Waals surface area contributed by atoms with Crippen LogP contribution < -0.4 is 0 Å². The maximum Gasteiger partial charge on any atom is 0.433 e. The summed E-state index contributed by atoms with van der Waals surface area (Å²) in [4.78, 5) is 14.0. The van der Waals surface area contributed by atoms with Crippen molar-refractivity contribution in [3.05, 3.63) is 28.0 Å². The van der Waals surface area contributed by atoms with E-state index < -0.39 is 40.5 Å². The van der Waals surface area contributed by atoms with Gasteiger partial charge in [-0.15, -0.1) is 0 Å². The summed E-state index contributed by atoms with van der Waals surface area (Å²) in [5.41, 5.74) is -3.65. The number of halogens is 6. The standard InChI is InChI=1S/C9H5ClF5NO2/c1-18-8(17)5-3(7(11)12)2-4(9(13,14)15)16-6(5)10/h2,7H,1H3. The number of ether oxygens (including phenoxy) is 1. The fraction of sp³-hybridized carbons (Fsp3) is 0.333. The third-order valence-electron chi connectivity index (χ3n) is 1.92. The van der Waals surface area contributed by atoms with Crippen molar-refractivity contribution in [2.75, 3.05) is 7.11 Å². The second-order valence-corrected chi connectivity index (χ2v) is 3.41. The number of alkyl halides is 5. The first-order valence-electron chi connectivity index (χ1n) is 4.32. The maximum absolute atomic E-state index is 12.6. The Hall–Kier alpha value is -1.44. The van der Waals surface area contributed by atoms with E-state index in [9.17, 15) is 26.7 Å². The fourth-order valence-corrected chi connectivity index (χ4v) is 1.43. The molecule has 1 aromatic heterocycles. The number of carbonyl (C=O) groups excluding carboxylic acids is 1. The van der Waals surface area contributed by atoms with Gasteiger partial charge in [0.05, 0.1) is 7.11 Å². The first kappa shape index (κ1) is 14.6. The molecule has 3 nitrogen and oxygen atoms in total. The summed E-state index contributed by atoms with van der Waals surface area (Å²) in [6.07, 6.45) is -8.26. The van der Waals surface area contributed by atoms with Gasteiger partial charge in [-0.05, 0) is 6.07 Å². The SMILES string of the molecule is COC(=O)c1c(C(F)F)cc(C(F)(F)F)nc1Cl. The van der Waals surface area contributed by atoms with Crippen LogP contribution in [-0.2, 0) is 10.9 Å². The Morgan fingerprint density at radius 2 is 2.00 bits per heavy atom. The quantitative estimate of drug-likeness (QED) is 0.475. The lowest BCUT2D eigenvalue weighted by atomic mass is 10.1. The first-order valence-corrected chi connectivity index (χ1v) is 4.70. The van der Waals surface area contributed by atoms with Crippen molar-refractivity contribution in [1.82, 2.24) is 4.98 Å². The minimum Gasteiger partial charge on any atom is -0.465 e. The fourth-order valence-electron chi connectivity index (χ4n) is 1.15. The minimum atomic E-state index is -4.94. The van der Waals surface area contributed by atoms with Crippen molar-refractivity contribution >= 4 is 17.6 Å². The number of hydrogen-bond acceptors (Lipinski definition) is 3. The predicted molar refractivity (Wildman–Crippen MR) is 50.5 cm³/mol. The Balaban J connectivity index is 3.51. The van der Waals surface area contributed by atoms with E-state index in [0.717, 1.165) is 7.11 Å². The Morgan fingerprint density at radius 3 is 2.39 bits per heavy atom. The first-order chi connectivity index (χ1) is 8.18. The summed E-state index contributed by atoms with van der Waals surface area (Å²) in [5, 5.41) is -0.980. The highest BCUT2D eigenvalue weighted by atomic mass is 35.5. The van der Waals surface area contributed by atoms with Crippen LogP contribution in [0, 0.1) is 0 Å². The maximum atomic E-state index is 12.6. The van der Waals surface area contributed by atoms with Gasteiger partial charge in [0.15, 0.2) is 0 Å². The molecule has 0 N–H and O–H groups in total. The third-order valence-corrected chi connectivity index (χ3v) is 2.19. The molecule has 18 heavy (non-hydrogen) atoms. The summed E-state index contributed by atoms with van der Waals surface area (Å²) in [6, 6.07) is 0.0722. The molecule has 0 unspecified atom stereocenters. The van der Waals surface area contributed by atoms with Gasteiger partial charge < -0.3 is 4.74 Å². The Labute approximate surface area is 103 Å². The monoisotopic (exact) mass is 289 g/mol. The average molecular weight is 290 g/mol. The molecule has 0 spiro atoms. The van der Waals surface area contributed by atoms with Gasteiger partial charge in [0.1, 0.15) is 16.4 Å². The number of nitrogens with zero attached hydrogens (tertiary/aromatic N) is 1. The third kappa shape index (κ3) is 2.87. The number of carbonyl (C=O) groups is 1. The van der Waals surface area contributed by atoms with Crippen molar-refractivity contribution in [2.45, 2.75) is 12.6 Å². The average Bonchev–Trinajstić information content (AvgIpc) is 2.25. The molecule has 1 aromatic rings. The minimum absolute atomic E-state index is 0.0722. The number of methoxy groups -OCH3 is 1. The molecule has 0 saturated carbocycles. The predicted octanol–water partition coefficient (Wildman–Crippen LogP) is 3.48. The van der Waals surface area contributed by atoms with E-state index in [1.165, 1.54) is 0 Å². The van der Waals surface area contributed by atoms with Crippen LogP contribution in [0.5, 0.6) is 0 Å². The number of hydrogen-bond donors (Lipinski definition) is 0. The van der Waals surface area contributed by atoms with Crippen molar-refractivity contribution in [3.63, 3.8) is 0 Å². The normalized spacial score (nSPS) is 11.8. The molecule has 0 aliphatic rings. The zero-order valence-electron chi connectivity index (χ0n) is 8.69. The molecular weight excluding hydrogens is 285 g/mol. The van der Waals surface area contributed by atoms with E-state index in [1.807, 2.05) is 0 Å². The summed E-state index contributed by atoms with van der Waals surface area (Å²) < 4.78 is 66.4. The molecule has 0 aliphatic heterocycles. The summed E-state index contributed by atoms with van der Waals surface area (Å²) in [7, 11) is 0.881. The van der Waals surface area contributed by atoms with Gasteiger partial charge in [-0.3, -0.25) is 0 Å². The number of esters is 1. The summed E-state index contributed by atoms with van der Waals surface area (Å²) in [6.45, 7) is 0. The second-order valence-electron chi connectivity index (χ2n) is 3.05. The van der Waals surface area contributed by atoms with E-state index in [2.05, 4.69) is 9.72 Å². The lowest BCUT2D eigenvalue weighted by Gasteiger charge is -2.12.